The Labute approximate surface area is 114 Å². The van der Waals surface area contributed by atoms with Crippen molar-refractivity contribution >= 4 is 23.5 Å². The van der Waals surface area contributed by atoms with Gasteiger partial charge in [-0.2, -0.15) is 11.8 Å². The van der Waals surface area contributed by atoms with Crippen molar-refractivity contribution in [1.29, 1.82) is 0 Å². The SMILES string of the molecule is CCSCCCSc1cccc(C(C)NC)c1. The van der Waals surface area contributed by atoms with E-state index in [9.17, 15) is 0 Å². The molecule has 1 rings (SSSR count). The summed E-state index contributed by atoms with van der Waals surface area (Å²) in [4.78, 5) is 1.39. The van der Waals surface area contributed by atoms with E-state index in [1.165, 1.54) is 34.1 Å². The molecule has 1 aromatic rings. The van der Waals surface area contributed by atoms with Crippen LogP contribution in [0.5, 0.6) is 0 Å². The fraction of sp³-hybridized carbons (Fsp3) is 0.571. The quantitative estimate of drug-likeness (QED) is 0.561. The zero-order valence-corrected chi connectivity index (χ0v) is 12.7. The third-order valence-corrected chi connectivity index (χ3v) is 4.76. The van der Waals surface area contributed by atoms with E-state index in [-0.39, 0.29) is 0 Å². The molecule has 17 heavy (non-hydrogen) atoms. The summed E-state index contributed by atoms with van der Waals surface area (Å²) in [5.41, 5.74) is 1.38. The van der Waals surface area contributed by atoms with Gasteiger partial charge < -0.3 is 5.32 Å². The molecular formula is C14H23NS2. The molecule has 0 amide bonds. The summed E-state index contributed by atoms with van der Waals surface area (Å²) in [7, 11) is 2.01. The first-order chi connectivity index (χ1) is 8.27. The van der Waals surface area contributed by atoms with Gasteiger partial charge in [-0.1, -0.05) is 19.1 Å². The van der Waals surface area contributed by atoms with Crippen LogP contribution in [0.4, 0.5) is 0 Å². The number of hydrogen-bond donors (Lipinski definition) is 1. The molecule has 0 aliphatic heterocycles. The second-order valence-electron chi connectivity index (χ2n) is 3.98. The maximum Gasteiger partial charge on any atom is 0.0289 e. The van der Waals surface area contributed by atoms with E-state index < -0.39 is 0 Å². The number of hydrogen-bond acceptors (Lipinski definition) is 3. The van der Waals surface area contributed by atoms with Crippen molar-refractivity contribution in [2.45, 2.75) is 31.2 Å². The molecule has 1 atom stereocenters. The molecule has 0 saturated carbocycles. The largest absolute Gasteiger partial charge is 0.313 e. The molecule has 0 heterocycles. The highest BCUT2D eigenvalue weighted by Crippen LogP contribution is 2.23. The molecule has 1 unspecified atom stereocenters. The van der Waals surface area contributed by atoms with Crippen LogP contribution in [0.15, 0.2) is 29.2 Å². The highest BCUT2D eigenvalue weighted by Gasteiger charge is 2.03. The van der Waals surface area contributed by atoms with Gasteiger partial charge >= 0.3 is 0 Å². The molecule has 0 fully saturated rings. The molecule has 0 aliphatic rings. The molecule has 96 valence electrons. The maximum atomic E-state index is 3.28. The monoisotopic (exact) mass is 269 g/mol. The van der Waals surface area contributed by atoms with Crippen molar-refractivity contribution < 1.29 is 0 Å². The molecule has 0 spiro atoms. The Bertz CT molecular complexity index is 315. The second-order valence-corrected chi connectivity index (χ2v) is 6.54. The van der Waals surface area contributed by atoms with Gasteiger partial charge in [0.25, 0.3) is 0 Å². The molecule has 1 aromatic carbocycles. The Hall–Kier alpha value is -0.120. The summed E-state index contributed by atoms with van der Waals surface area (Å²) in [5.74, 6) is 3.75. The summed E-state index contributed by atoms with van der Waals surface area (Å²) in [6.07, 6.45) is 1.30. The normalized spacial score (nSPS) is 12.6. The molecule has 1 nitrogen and oxygen atoms in total. The van der Waals surface area contributed by atoms with Crippen LogP contribution >= 0.6 is 23.5 Å². The fourth-order valence-corrected chi connectivity index (χ4v) is 3.27. The Morgan fingerprint density at radius 1 is 1.29 bits per heavy atom. The fourth-order valence-electron chi connectivity index (χ4n) is 1.54. The summed E-state index contributed by atoms with van der Waals surface area (Å²) in [6, 6.07) is 9.30. The first-order valence-electron chi connectivity index (χ1n) is 6.25. The third kappa shape index (κ3) is 5.84. The lowest BCUT2D eigenvalue weighted by atomic mass is 10.1. The minimum absolute atomic E-state index is 0.436. The number of benzene rings is 1. The molecule has 0 aliphatic carbocycles. The zero-order valence-electron chi connectivity index (χ0n) is 11.0. The van der Waals surface area contributed by atoms with Crippen LogP contribution in [0.2, 0.25) is 0 Å². The van der Waals surface area contributed by atoms with Crippen molar-refractivity contribution in [3.8, 4) is 0 Å². The van der Waals surface area contributed by atoms with Gasteiger partial charge in [0.2, 0.25) is 0 Å². The van der Waals surface area contributed by atoms with E-state index in [1.54, 1.807) is 0 Å². The van der Waals surface area contributed by atoms with E-state index in [2.05, 4.69) is 43.4 Å². The average molecular weight is 269 g/mol. The second kappa shape index (κ2) is 8.90. The lowest BCUT2D eigenvalue weighted by Gasteiger charge is -2.11. The number of nitrogens with one attached hydrogen (secondary N) is 1. The average Bonchev–Trinajstić information content (AvgIpc) is 2.38. The number of thioether (sulfide) groups is 2. The summed E-state index contributed by atoms with van der Waals surface area (Å²) in [6.45, 7) is 4.42. The molecule has 0 bridgehead atoms. The van der Waals surface area contributed by atoms with Crippen molar-refractivity contribution in [1.82, 2.24) is 5.32 Å². The zero-order chi connectivity index (χ0) is 12.5. The molecular weight excluding hydrogens is 246 g/mol. The van der Waals surface area contributed by atoms with Gasteiger partial charge in [-0.3, -0.25) is 0 Å². The van der Waals surface area contributed by atoms with Crippen molar-refractivity contribution in [3.05, 3.63) is 29.8 Å². The summed E-state index contributed by atoms with van der Waals surface area (Å²) < 4.78 is 0. The highest BCUT2D eigenvalue weighted by atomic mass is 32.2. The number of rotatable bonds is 8. The van der Waals surface area contributed by atoms with Gasteiger partial charge in [-0.15, -0.1) is 11.8 Å². The van der Waals surface area contributed by atoms with E-state index in [1.807, 2.05) is 30.6 Å². The smallest absolute Gasteiger partial charge is 0.0289 e. The van der Waals surface area contributed by atoms with Crippen LogP contribution < -0.4 is 5.32 Å². The Morgan fingerprint density at radius 2 is 2.12 bits per heavy atom. The standard InChI is InChI=1S/C14H23NS2/c1-4-16-9-6-10-17-14-8-5-7-13(11-14)12(2)15-3/h5,7-8,11-12,15H,4,6,9-10H2,1-3H3. The minimum atomic E-state index is 0.436. The molecule has 0 radical (unpaired) electrons. The topological polar surface area (TPSA) is 12.0 Å². The van der Waals surface area contributed by atoms with Crippen LogP contribution in [0, 0.1) is 0 Å². The van der Waals surface area contributed by atoms with E-state index in [0.29, 0.717) is 6.04 Å². The Kier molecular flexibility index (Phi) is 7.82. The summed E-state index contributed by atoms with van der Waals surface area (Å²) >= 11 is 4.00. The predicted molar refractivity (Wildman–Crippen MR) is 82.3 cm³/mol. The van der Waals surface area contributed by atoms with Gasteiger partial charge in [0.05, 0.1) is 0 Å². The Morgan fingerprint density at radius 3 is 2.82 bits per heavy atom. The van der Waals surface area contributed by atoms with Crippen molar-refractivity contribution in [2.75, 3.05) is 24.3 Å². The maximum absolute atomic E-state index is 3.28. The molecule has 1 N–H and O–H groups in total. The third-order valence-electron chi connectivity index (χ3n) is 2.70. The van der Waals surface area contributed by atoms with Crippen molar-refractivity contribution in [2.24, 2.45) is 0 Å². The minimum Gasteiger partial charge on any atom is -0.313 e. The lowest BCUT2D eigenvalue weighted by Crippen LogP contribution is -2.12. The highest BCUT2D eigenvalue weighted by molar-refractivity contribution is 8.00. The predicted octanol–water partition coefficient (Wildman–Crippen LogP) is 4.20. The van der Waals surface area contributed by atoms with E-state index >= 15 is 0 Å². The summed E-state index contributed by atoms with van der Waals surface area (Å²) in [5, 5.41) is 3.28. The van der Waals surface area contributed by atoms with Crippen LogP contribution in [-0.2, 0) is 0 Å². The van der Waals surface area contributed by atoms with Gasteiger partial charge in [0.1, 0.15) is 0 Å². The van der Waals surface area contributed by atoms with Gasteiger partial charge in [-0.05, 0) is 55.3 Å². The van der Waals surface area contributed by atoms with E-state index in [4.69, 9.17) is 0 Å². The van der Waals surface area contributed by atoms with E-state index in [0.717, 1.165) is 0 Å². The van der Waals surface area contributed by atoms with Gasteiger partial charge in [0, 0.05) is 10.9 Å². The lowest BCUT2D eigenvalue weighted by molar-refractivity contribution is 0.651. The molecule has 3 heteroatoms. The Balaban J connectivity index is 2.38. The van der Waals surface area contributed by atoms with Crippen LogP contribution in [0.25, 0.3) is 0 Å². The van der Waals surface area contributed by atoms with Crippen molar-refractivity contribution in [3.63, 3.8) is 0 Å². The van der Waals surface area contributed by atoms with Gasteiger partial charge in [-0.25, -0.2) is 0 Å². The first-order valence-corrected chi connectivity index (χ1v) is 8.39. The molecule has 0 saturated heterocycles. The van der Waals surface area contributed by atoms with Crippen LogP contribution in [0.3, 0.4) is 0 Å². The van der Waals surface area contributed by atoms with Crippen LogP contribution in [-0.4, -0.2) is 24.3 Å². The van der Waals surface area contributed by atoms with Gasteiger partial charge in [0.15, 0.2) is 0 Å². The first kappa shape index (κ1) is 14.9. The molecule has 0 aromatic heterocycles. The van der Waals surface area contributed by atoms with Crippen LogP contribution in [0.1, 0.15) is 31.9 Å².